The third-order valence-electron chi connectivity index (χ3n) is 4.43. The van der Waals surface area contributed by atoms with Gasteiger partial charge in [-0.3, -0.25) is 0 Å². The van der Waals surface area contributed by atoms with Crippen LogP contribution in [0, 0.1) is 0 Å². The summed E-state index contributed by atoms with van der Waals surface area (Å²) in [6.07, 6.45) is 0.982. The van der Waals surface area contributed by atoms with Gasteiger partial charge >= 0.3 is 0 Å². The molecular weight excluding hydrogens is 294 g/mol. The molecule has 2 aliphatic rings. The maximum Gasteiger partial charge on any atom is 0.231 e. The number of rotatable bonds is 3. The van der Waals surface area contributed by atoms with Crippen molar-refractivity contribution in [2.75, 3.05) is 27.6 Å². The third kappa shape index (κ3) is 2.37. The zero-order chi connectivity index (χ0) is 15.8. The average molecular weight is 313 g/mol. The Morgan fingerprint density at radius 3 is 2.57 bits per heavy atom. The van der Waals surface area contributed by atoms with Crippen molar-refractivity contribution in [3.05, 3.63) is 47.0 Å². The fourth-order valence-electron chi connectivity index (χ4n) is 3.28. The average Bonchev–Trinajstić information content (AvgIpc) is 3.06. The van der Waals surface area contributed by atoms with Crippen LogP contribution in [0.3, 0.4) is 0 Å². The fraction of sp³-hybridized carbons (Fsp3) is 0.333. The van der Waals surface area contributed by atoms with Crippen molar-refractivity contribution in [3.8, 4) is 23.0 Å². The number of nitrogens with one attached hydrogen (secondary N) is 1. The van der Waals surface area contributed by atoms with Crippen molar-refractivity contribution in [2.45, 2.75) is 12.5 Å². The van der Waals surface area contributed by atoms with E-state index in [0.29, 0.717) is 6.79 Å². The first-order chi connectivity index (χ1) is 11.3. The van der Waals surface area contributed by atoms with Gasteiger partial charge in [-0.2, -0.15) is 0 Å². The highest BCUT2D eigenvalue weighted by atomic mass is 16.7. The summed E-state index contributed by atoms with van der Waals surface area (Å²) in [5.74, 6) is 3.13. The molecular formula is C18H19NO4. The molecule has 2 aliphatic heterocycles. The largest absolute Gasteiger partial charge is 0.493 e. The molecule has 0 bridgehead atoms. The van der Waals surface area contributed by atoms with Crippen LogP contribution in [0.15, 0.2) is 30.3 Å². The Morgan fingerprint density at radius 2 is 1.78 bits per heavy atom. The van der Waals surface area contributed by atoms with Gasteiger partial charge in [-0.1, -0.05) is 6.07 Å². The summed E-state index contributed by atoms with van der Waals surface area (Å²) >= 11 is 0. The first-order valence-corrected chi connectivity index (χ1v) is 7.68. The maximum atomic E-state index is 5.54. The molecule has 0 amide bonds. The second kappa shape index (κ2) is 5.66. The molecule has 0 saturated heterocycles. The van der Waals surface area contributed by atoms with E-state index in [4.69, 9.17) is 18.9 Å². The highest BCUT2D eigenvalue weighted by Gasteiger charge is 2.26. The third-order valence-corrected chi connectivity index (χ3v) is 4.43. The number of hydrogen-bond donors (Lipinski definition) is 1. The Balaban J connectivity index is 1.77. The van der Waals surface area contributed by atoms with E-state index in [0.717, 1.165) is 41.5 Å². The molecule has 0 aromatic heterocycles. The number of methoxy groups -OCH3 is 2. The molecule has 1 N–H and O–H groups in total. The molecule has 2 aromatic carbocycles. The summed E-state index contributed by atoms with van der Waals surface area (Å²) in [5, 5.41) is 3.58. The number of fused-ring (bicyclic) bond motifs is 2. The molecule has 5 heteroatoms. The summed E-state index contributed by atoms with van der Waals surface area (Å²) < 4.78 is 21.8. The van der Waals surface area contributed by atoms with Crippen LogP contribution >= 0.6 is 0 Å². The van der Waals surface area contributed by atoms with Crippen molar-refractivity contribution in [1.29, 1.82) is 0 Å². The van der Waals surface area contributed by atoms with Crippen molar-refractivity contribution in [2.24, 2.45) is 0 Å². The number of hydrogen-bond acceptors (Lipinski definition) is 5. The number of benzene rings is 2. The van der Waals surface area contributed by atoms with E-state index in [-0.39, 0.29) is 6.04 Å². The smallest absolute Gasteiger partial charge is 0.231 e. The highest BCUT2D eigenvalue weighted by molar-refractivity contribution is 5.54. The predicted molar refractivity (Wildman–Crippen MR) is 85.7 cm³/mol. The lowest BCUT2D eigenvalue weighted by Crippen LogP contribution is -2.30. The lowest BCUT2D eigenvalue weighted by atomic mass is 9.89. The van der Waals surface area contributed by atoms with Crippen LogP contribution in [-0.4, -0.2) is 27.6 Å². The van der Waals surface area contributed by atoms with Gasteiger partial charge in [0.2, 0.25) is 6.79 Å². The normalized spacial score (nSPS) is 18.4. The summed E-state index contributed by atoms with van der Waals surface area (Å²) in [5.41, 5.74) is 3.67. The van der Waals surface area contributed by atoms with Crippen LogP contribution in [0.1, 0.15) is 22.7 Å². The minimum absolute atomic E-state index is 0.105. The van der Waals surface area contributed by atoms with Gasteiger partial charge in [0.1, 0.15) is 0 Å². The highest BCUT2D eigenvalue weighted by Crippen LogP contribution is 2.41. The Kier molecular flexibility index (Phi) is 3.50. The molecule has 120 valence electrons. The summed E-state index contributed by atoms with van der Waals surface area (Å²) in [7, 11) is 3.30. The van der Waals surface area contributed by atoms with Crippen LogP contribution in [0.25, 0.3) is 0 Å². The van der Waals surface area contributed by atoms with Gasteiger partial charge in [0, 0.05) is 6.54 Å². The number of ether oxygens (including phenoxy) is 4. The zero-order valence-corrected chi connectivity index (χ0v) is 13.2. The predicted octanol–water partition coefficient (Wildman–Crippen LogP) is 2.67. The van der Waals surface area contributed by atoms with Gasteiger partial charge in [0.05, 0.1) is 20.3 Å². The Labute approximate surface area is 135 Å². The molecule has 0 saturated carbocycles. The minimum Gasteiger partial charge on any atom is -0.493 e. The molecule has 5 nitrogen and oxygen atoms in total. The fourth-order valence-corrected chi connectivity index (χ4v) is 3.28. The van der Waals surface area contributed by atoms with Crippen LogP contribution in [-0.2, 0) is 6.42 Å². The van der Waals surface area contributed by atoms with Gasteiger partial charge < -0.3 is 24.3 Å². The second-order valence-electron chi connectivity index (χ2n) is 5.66. The Bertz CT molecular complexity index is 744. The van der Waals surface area contributed by atoms with E-state index in [1.54, 1.807) is 14.2 Å². The first kappa shape index (κ1) is 14.2. The van der Waals surface area contributed by atoms with Crippen molar-refractivity contribution >= 4 is 0 Å². The van der Waals surface area contributed by atoms with E-state index in [9.17, 15) is 0 Å². The SMILES string of the molecule is COc1ccc(C2NCCc3cc4c(cc32)OCO4)cc1OC. The van der Waals surface area contributed by atoms with Crippen molar-refractivity contribution < 1.29 is 18.9 Å². The lowest BCUT2D eigenvalue weighted by molar-refractivity contribution is 0.174. The van der Waals surface area contributed by atoms with Crippen LogP contribution in [0.2, 0.25) is 0 Å². The van der Waals surface area contributed by atoms with Crippen LogP contribution < -0.4 is 24.3 Å². The molecule has 2 heterocycles. The molecule has 0 radical (unpaired) electrons. The second-order valence-corrected chi connectivity index (χ2v) is 5.66. The molecule has 2 aromatic rings. The van der Waals surface area contributed by atoms with Gasteiger partial charge in [-0.05, 0) is 47.4 Å². The summed E-state index contributed by atoms with van der Waals surface area (Å²) in [6.45, 7) is 1.22. The van der Waals surface area contributed by atoms with Gasteiger partial charge in [-0.25, -0.2) is 0 Å². The Morgan fingerprint density at radius 1 is 1.00 bits per heavy atom. The summed E-state index contributed by atoms with van der Waals surface area (Å²) in [6, 6.07) is 10.3. The monoisotopic (exact) mass is 313 g/mol. The molecule has 1 unspecified atom stereocenters. The molecule has 0 aliphatic carbocycles. The Hall–Kier alpha value is -2.40. The molecule has 4 rings (SSSR count). The van der Waals surface area contributed by atoms with Gasteiger partial charge in [-0.15, -0.1) is 0 Å². The van der Waals surface area contributed by atoms with Crippen LogP contribution in [0.5, 0.6) is 23.0 Å². The zero-order valence-electron chi connectivity index (χ0n) is 13.2. The van der Waals surface area contributed by atoms with Crippen LogP contribution in [0.4, 0.5) is 0 Å². The van der Waals surface area contributed by atoms with E-state index in [1.165, 1.54) is 11.1 Å². The topological polar surface area (TPSA) is 49.0 Å². The van der Waals surface area contributed by atoms with E-state index in [1.807, 2.05) is 12.1 Å². The molecule has 0 spiro atoms. The van der Waals surface area contributed by atoms with Gasteiger partial charge in [0.25, 0.3) is 0 Å². The molecule has 23 heavy (non-hydrogen) atoms. The standard InChI is InChI=1S/C18H19NO4/c1-20-14-4-3-12(8-15(14)21-2)18-13-9-17-16(22-10-23-17)7-11(13)5-6-19-18/h3-4,7-9,18-19H,5-6,10H2,1-2H3. The summed E-state index contributed by atoms with van der Waals surface area (Å²) in [4.78, 5) is 0. The van der Waals surface area contributed by atoms with E-state index in [2.05, 4.69) is 23.5 Å². The lowest BCUT2D eigenvalue weighted by Gasteiger charge is -2.28. The van der Waals surface area contributed by atoms with Crippen molar-refractivity contribution in [1.82, 2.24) is 5.32 Å². The van der Waals surface area contributed by atoms with E-state index >= 15 is 0 Å². The van der Waals surface area contributed by atoms with Gasteiger partial charge in [0.15, 0.2) is 23.0 Å². The minimum atomic E-state index is 0.105. The molecule has 1 atom stereocenters. The van der Waals surface area contributed by atoms with Crippen molar-refractivity contribution in [3.63, 3.8) is 0 Å². The quantitative estimate of drug-likeness (QED) is 0.944. The molecule has 0 fully saturated rings. The first-order valence-electron chi connectivity index (χ1n) is 7.68. The maximum absolute atomic E-state index is 5.54. The van der Waals surface area contributed by atoms with E-state index < -0.39 is 0 Å².